The van der Waals surface area contributed by atoms with E-state index in [-0.39, 0.29) is 5.12 Å². The number of hydrogen-bond donors (Lipinski definition) is 0. The van der Waals surface area contributed by atoms with Gasteiger partial charge in [-0.3, -0.25) is 4.79 Å². The molecular formula is C14H16OS. The summed E-state index contributed by atoms with van der Waals surface area (Å²) in [6.45, 7) is 3.73. The smallest absolute Gasteiger partial charge is 0.186 e. The van der Waals surface area contributed by atoms with Crippen molar-refractivity contribution in [1.82, 2.24) is 0 Å². The van der Waals surface area contributed by atoms with Crippen molar-refractivity contribution in [2.75, 3.05) is 5.75 Å². The van der Waals surface area contributed by atoms with Crippen LogP contribution in [0.25, 0.3) is 0 Å². The molecule has 1 nitrogen and oxygen atoms in total. The summed E-state index contributed by atoms with van der Waals surface area (Å²) >= 11 is 1.25. The molecule has 16 heavy (non-hydrogen) atoms. The van der Waals surface area contributed by atoms with Crippen LogP contribution in [0.3, 0.4) is 0 Å². The van der Waals surface area contributed by atoms with E-state index in [1.54, 1.807) is 6.92 Å². The molecule has 0 aliphatic heterocycles. The Morgan fingerprint density at radius 2 is 2.00 bits per heavy atom. The van der Waals surface area contributed by atoms with E-state index in [0.29, 0.717) is 5.75 Å². The van der Waals surface area contributed by atoms with Gasteiger partial charge in [-0.15, -0.1) is 0 Å². The lowest BCUT2D eigenvalue weighted by atomic mass is 10.1. The standard InChI is InChI=1S/C14H16OS/c1-3-5-13-7-9-14(10-8-13)6-4-11-16-12(2)15/h7-10H,3,5,11H2,1-2H3. The lowest BCUT2D eigenvalue weighted by Crippen LogP contribution is -1.84. The minimum atomic E-state index is 0.118. The van der Waals surface area contributed by atoms with E-state index in [4.69, 9.17) is 0 Å². The van der Waals surface area contributed by atoms with E-state index in [1.807, 2.05) is 12.1 Å². The molecule has 0 fully saturated rings. The highest BCUT2D eigenvalue weighted by molar-refractivity contribution is 8.13. The number of hydrogen-bond acceptors (Lipinski definition) is 2. The van der Waals surface area contributed by atoms with Crippen LogP contribution in [0.4, 0.5) is 0 Å². The Labute approximate surface area is 102 Å². The molecule has 0 unspecified atom stereocenters. The number of rotatable bonds is 3. The van der Waals surface area contributed by atoms with Crippen LogP contribution in [0.5, 0.6) is 0 Å². The summed E-state index contributed by atoms with van der Waals surface area (Å²) in [7, 11) is 0. The summed E-state index contributed by atoms with van der Waals surface area (Å²) < 4.78 is 0. The number of carbonyl (C=O) groups is 1. The van der Waals surface area contributed by atoms with Crippen molar-refractivity contribution >= 4 is 16.9 Å². The fourth-order valence-electron chi connectivity index (χ4n) is 1.32. The van der Waals surface area contributed by atoms with Crippen LogP contribution in [0.2, 0.25) is 0 Å². The topological polar surface area (TPSA) is 17.1 Å². The van der Waals surface area contributed by atoms with Crippen LogP contribution < -0.4 is 0 Å². The van der Waals surface area contributed by atoms with Gasteiger partial charge in [-0.25, -0.2) is 0 Å². The van der Waals surface area contributed by atoms with Gasteiger partial charge in [0.2, 0.25) is 0 Å². The zero-order valence-corrected chi connectivity index (χ0v) is 10.6. The lowest BCUT2D eigenvalue weighted by molar-refractivity contribution is -0.109. The van der Waals surface area contributed by atoms with Gasteiger partial charge < -0.3 is 0 Å². The van der Waals surface area contributed by atoms with E-state index in [0.717, 1.165) is 12.0 Å². The van der Waals surface area contributed by atoms with Crippen molar-refractivity contribution in [1.29, 1.82) is 0 Å². The molecule has 0 spiro atoms. The average molecular weight is 232 g/mol. The second-order valence-corrected chi connectivity index (χ2v) is 4.68. The summed E-state index contributed by atoms with van der Waals surface area (Å²) in [6.07, 6.45) is 2.29. The average Bonchev–Trinajstić information content (AvgIpc) is 2.27. The molecule has 0 atom stereocenters. The third-order valence-electron chi connectivity index (χ3n) is 2.07. The predicted molar refractivity (Wildman–Crippen MR) is 70.5 cm³/mol. The quantitative estimate of drug-likeness (QED) is 0.744. The molecule has 0 bridgehead atoms. The van der Waals surface area contributed by atoms with E-state index in [9.17, 15) is 4.79 Å². The molecule has 1 aromatic carbocycles. The summed E-state index contributed by atoms with van der Waals surface area (Å²) in [5.74, 6) is 6.60. The molecule has 0 aliphatic rings. The molecule has 0 heterocycles. The summed E-state index contributed by atoms with van der Waals surface area (Å²) in [6, 6.07) is 8.31. The molecular weight excluding hydrogens is 216 g/mol. The van der Waals surface area contributed by atoms with E-state index in [2.05, 4.69) is 30.9 Å². The highest BCUT2D eigenvalue weighted by Crippen LogP contribution is 2.06. The summed E-state index contributed by atoms with van der Waals surface area (Å²) in [5.41, 5.74) is 2.37. The molecule has 2 heteroatoms. The van der Waals surface area contributed by atoms with Crippen molar-refractivity contribution < 1.29 is 4.79 Å². The van der Waals surface area contributed by atoms with Crippen molar-refractivity contribution in [3.8, 4) is 11.8 Å². The molecule has 84 valence electrons. The number of carbonyl (C=O) groups excluding carboxylic acids is 1. The van der Waals surface area contributed by atoms with E-state index >= 15 is 0 Å². The maximum atomic E-state index is 10.7. The minimum absolute atomic E-state index is 0.118. The minimum Gasteiger partial charge on any atom is -0.288 e. The Morgan fingerprint density at radius 1 is 1.31 bits per heavy atom. The van der Waals surface area contributed by atoms with Gasteiger partial charge in [-0.1, -0.05) is 49.1 Å². The lowest BCUT2D eigenvalue weighted by Gasteiger charge is -1.97. The van der Waals surface area contributed by atoms with Gasteiger partial charge >= 0.3 is 0 Å². The molecule has 0 saturated carbocycles. The third-order valence-corrected chi connectivity index (χ3v) is 2.77. The number of thioether (sulfide) groups is 1. The van der Waals surface area contributed by atoms with Crippen LogP contribution in [-0.4, -0.2) is 10.9 Å². The van der Waals surface area contributed by atoms with Gasteiger partial charge in [0.25, 0.3) is 0 Å². The van der Waals surface area contributed by atoms with Gasteiger partial charge in [0, 0.05) is 12.5 Å². The van der Waals surface area contributed by atoms with Gasteiger partial charge in [-0.05, 0) is 24.1 Å². The monoisotopic (exact) mass is 232 g/mol. The van der Waals surface area contributed by atoms with E-state index in [1.165, 1.54) is 23.7 Å². The predicted octanol–water partition coefficient (Wildman–Crippen LogP) is 3.27. The van der Waals surface area contributed by atoms with Crippen molar-refractivity contribution in [2.24, 2.45) is 0 Å². The van der Waals surface area contributed by atoms with Gasteiger partial charge in [0.15, 0.2) is 5.12 Å². The first kappa shape index (κ1) is 12.9. The molecule has 1 aromatic rings. The van der Waals surface area contributed by atoms with Gasteiger partial charge in [-0.2, -0.15) is 0 Å². The molecule has 0 N–H and O–H groups in total. The van der Waals surface area contributed by atoms with Crippen molar-refractivity contribution in [2.45, 2.75) is 26.7 Å². The van der Waals surface area contributed by atoms with Crippen LogP contribution in [0, 0.1) is 11.8 Å². The molecule has 0 aliphatic carbocycles. The second kappa shape index (κ2) is 7.14. The van der Waals surface area contributed by atoms with Gasteiger partial charge in [0.05, 0.1) is 5.75 Å². The van der Waals surface area contributed by atoms with Crippen LogP contribution in [0.1, 0.15) is 31.4 Å². The Kier molecular flexibility index (Phi) is 5.74. The molecule has 1 rings (SSSR count). The number of benzene rings is 1. The fraction of sp³-hybridized carbons (Fsp3) is 0.357. The summed E-state index contributed by atoms with van der Waals surface area (Å²) in [4.78, 5) is 10.7. The summed E-state index contributed by atoms with van der Waals surface area (Å²) in [5, 5.41) is 0.118. The van der Waals surface area contributed by atoms with Crippen LogP contribution in [-0.2, 0) is 11.2 Å². The third kappa shape index (κ3) is 5.04. The first-order valence-electron chi connectivity index (χ1n) is 5.43. The molecule has 0 radical (unpaired) electrons. The first-order chi connectivity index (χ1) is 7.72. The fourth-order valence-corrected chi connectivity index (χ4v) is 1.67. The zero-order chi connectivity index (χ0) is 11.8. The molecule has 0 amide bonds. The Morgan fingerprint density at radius 3 is 2.56 bits per heavy atom. The van der Waals surface area contributed by atoms with E-state index < -0.39 is 0 Å². The Balaban J connectivity index is 2.51. The Bertz CT molecular complexity index is 395. The second-order valence-electron chi connectivity index (χ2n) is 3.53. The van der Waals surface area contributed by atoms with Crippen LogP contribution in [0.15, 0.2) is 24.3 Å². The Hall–Kier alpha value is -1.20. The zero-order valence-electron chi connectivity index (χ0n) is 9.75. The highest BCUT2D eigenvalue weighted by Gasteiger charge is 1.91. The van der Waals surface area contributed by atoms with Crippen LogP contribution >= 0.6 is 11.8 Å². The van der Waals surface area contributed by atoms with Crippen molar-refractivity contribution in [3.05, 3.63) is 35.4 Å². The maximum Gasteiger partial charge on any atom is 0.186 e. The highest BCUT2D eigenvalue weighted by atomic mass is 32.2. The normalized spacial score (nSPS) is 9.38. The first-order valence-corrected chi connectivity index (χ1v) is 6.42. The largest absolute Gasteiger partial charge is 0.288 e. The SMILES string of the molecule is CCCc1ccc(C#CCSC(C)=O)cc1. The molecule has 0 saturated heterocycles. The van der Waals surface area contributed by atoms with Gasteiger partial charge in [0.1, 0.15) is 0 Å². The van der Waals surface area contributed by atoms with Crippen molar-refractivity contribution in [3.63, 3.8) is 0 Å². The number of aryl methyl sites for hydroxylation is 1. The maximum absolute atomic E-state index is 10.7. The molecule has 0 aromatic heterocycles.